The molecule has 3 aliphatic heterocycles. The third-order valence-electron chi connectivity index (χ3n) is 5.36. The molecule has 3 rings (SSSR count). The van der Waals surface area contributed by atoms with Gasteiger partial charge < -0.3 is 15.1 Å². The van der Waals surface area contributed by atoms with Crippen LogP contribution in [0.4, 0.5) is 0 Å². The van der Waals surface area contributed by atoms with Gasteiger partial charge in [0.25, 0.3) is 0 Å². The van der Waals surface area contributed by atoms with Crippen molar-refractivity contribution in [2.75, 3.05) is 19.6 Å². The van der Waals surface area contributed by atoms with Crippen molar-refractivity contribution >= 4 is 11.8 Å². The van der Waals surface area contributed by atoms with Gasteiger partial charge in [-0.05, 0) is 39.0 Å². The van der Waals surface area contributed by atoms with E-state index in [4.69, 9.17) is 0 Å². The predicted octanol–water partition coefficient (Wildman–Crippen LogP) is 1.13. The first kappa shape index (κ1) is 14.8. The summed E-state index contributed by atoms with van der Waals surface area (Å²) >= 11 is 0. The Morgan fingerprint density at radius 3 is 2.71 bits per heavy atom. The second-order valence-electron chi connectivity index (χ2n) is 7.02. The monoisotopic (exact) mass is 293 g/mol. The molecule has 2 unspecified atom stereocenters. The largest absolute Gasteiger partial charge is 0.341 e. The summed E-state index contributed by atoms with van der Waals surface area (Å²) in [6, 6.07) is 0.222. The number of nitrogens with one attached hydrogen (secondary N) is 1. The van der Waals surface area contributed by atoms with E-state index in [1.54, 1.807) is 0 Å². The van der Waals surface area contributed by atoms with E-state index in [2.05, 4.69) is 12.2 Å². The molecule has 0 aliphatic carbocycles. The average Bonchev–Trinajstić information content (AvgIpc) is 3.14. The molecule has 1 spiro atoms. The van der Waals surface area contributed by atoms with Crippen molar-refractivity contribution in [1.82, 2.24) is 15.1 Å². The number of carbonyl (C=O) groups excluding carboxylic acids is 2. The molecule has 0 aromatic heterocycles. The highest BCUT2D eigenvalue weighted by Gasteiger charge is 2.49. The molecule has 2 amide bonds. The summed E-state index contributed by atoms with van der Waals surface area (Å²) in [7, 11) is 0. The fraction of sp³-hybridized carbons (Fsp3) is 0.875. The molecular formula is C16H27N3O2. The molecule has 0 aromatic carbocycles. The molecule has 3 saturated heterocycles. The van der Waals surface area contributed by atoms with Crippen molar-refractivity contribution in [3.63, 3.8) is 0 Å². The van der Waals surface area contributed by atoms with E-state index in [0.717, 1.165) is 38.8 Å². The maximum atomic E-state index is 12.7. The second kappa shape index (κ2) is 5.59. The molecule has 3 heterocycles. The maximum absolute atomic E-state index is 12.7. The highest BCUT2D eigenvalue weighted by atomic mass is 16.2. The Morgan fingerprint density at radius 2 is 2.14 bits per heavy atom. The van der Waals surface area contributed by atoms with Crippen LogP contribution >= 0.6 is 0 Å². The van der Waals surface area contributed by atoms with Crippen molar-refractivity contribution in [2.45, 2.75) is 70.0 Å². The number of likely N-dealkylation sites (tertiary alicyclic amines) is 2. The minimum Gasteiger partial charge on any atom is -0.341 e. The Labute approximate surface area is 127 Å². The normalized spacial score (nSPS) is 34.2. The summed E-state index contributed by atoms with van der Waals surface area (Å²) < 4.78 is 0. The molecule has 5 nitrogen and oxygen atoms in total. The van der Waals surface area contributed by atoms with Gasteiger partial charge >= 0.3 is 0 Å². The lowest BCUT2D eigenvalue weighted by atomic mass is 9.96. The molecule has 0 saturated carbocycles. The van der Waals surface area contributed by atoms with Crippen LogP contribution in [0.3, 0.4) is 0 Å². The van der Waals surface area contributed by atoms with Gasteiger partial charge in [-0.3, -0.25) is 9.59 Å². The first-order valence-corrected chi connectivity index (χ1v) is 8.40. The summed E-state index contributed by atoms with van der Waals surface area (Å²) in [5.74, 6) is 0.308. The van der Waals surface area contributed by atoms with Crippen molar-refractivity contribution in [1.29, 1.82) is 0 Å². The first-order chi connectivity index (χ1) is 10.0. The number of hydrogen-bond acceptors (Lipinski definition) is 3. The molecule has 3 atom stereocenters. The SMILES string of the molecule is CC[C@@H](C(=O)N1CCCC1)N1CC2(CCC(C)N2)CC1=O. The average molecular weight is 293 g/mol. The second-order valence-corrected chi connectivity index (χ2v) is 7.02. The lowest BCUT2D eigenvalue weighted by molar-refractivity contribution is -0.143. The van der Waals surface area contributed by atoms with Gasteiger partial charge in [-0.15, -0.1) is 0 Å². The van der Waals surface area contributed by atoms with Crippen LogP contribution in [0.25, 0.3) is 0 Å². The molecule has 3 aliphatic rings. The van der Waals surface area contributed by atoms with Gasteiger partial charge in [0.05, 0.1) is 0 Å². The number of carbonyl (C=O) groups is 2. The van der Waals surface area contributed by atoms with E-state index in [1.165, 1.54) is 0 Å². The molecule has 5 heteroatoms. The molecule has 21 heavy (non-hydrogen) atoms. The van der Waals surface area contributed by atoms with Crippen LogP contribution in [0.15, 0.2) is 0 Å². The van der Waals surface area contributed by atoms with Crippen molar-refractivity contribution < 1.29 is 9.59 Å². The zero-order chi connectivity index (χ0) is 15.0. The van der Waals surface area contributed by atoms with Gasteiger partial charge in [0.2, 0.25) is 11.8 Å². The standard InChI is InChI=1S/C16H27N3O2/c1-3-13(15(21)18-8-4-5-9-18)19-11-16(10-14(19)20)7-6-12(2)17-16/h12-13,17H,3-11H2,1-2H3/t12?,13-,16?/m0/s1. The van der Waals surface area contributed by atoms with E-state index >= 15 is 0 Å². The third-order valence-corrected chi connectivity index (χ3v) is 5.36. The van der Waals surface area contributed by atoms with Gasteiger partial charge in [0, 0.05) is 37.6 Å². The highest BCUT2D eigenvalue weighted by Crippen LogP contribution is 2.35. The fourth-order valence-corrected chi connectivity index (χ4v) is 4.25. The van der Waals surface area contributed by atoms with Crippen molar-refractivity contribution in [3.05, 3.63) is 0 Å². The topological polar surface area (TPSA) is 52.7 Å². The van der Waals surface area contributed by atoms with Gasteiger partial charge in [-0.2, -0.15) is 0 Å². The van der Waals surface area contributed by atoms with Crippen LogP contribution in [-0.2, 0) is 9.59 Å². The lowest BCUT2D eigenvalue weighted by Gasteiger charge is -2.31. The lowest BCUT2D eigenvalue weighted by Crippen LogP contribution is -2.51. The summed E-state index contributed by atoms with van der Waals surface area (Å²) in [6.07, 6.45) is 5.63. The Kier molecular flexibility index (Phi) is 3.95. The smallest absolute Gasteiger partial charge is 0.245 e. The highest BCUT2D eigenvalue weighted by molar-refractivity contribution is 5.89. The zero-order valence-electron chi connectivity index (χ0n) is 13.2. The Bertz CT molecular complexity index is 433. The van der Waals surface area contributed by atoms with Crippen LogP contribution in [-0.4, -0.2) is 58.9 Å². The number of rotatable bonds is 3. The van der Waals surface area contributed by atoms with Crippen LogP contribution in [0.5, 0.6) is 0 Å². The molecule has 0 radical (unpaired) electrons. The fourth-order valence-electron chi connectivity index (χ4n) is 4.25. The molecule has 118 valence electrons. The van der Waals surface area contributed by atoms with E-state index in [1.807, 2.05) is 16.7 Å². The molecular weight excluding hydrogens is 266 g/mol. The van der Waals surface area contributed by atoms with E-state index < -0.39 is 0 Å². The Hall–Kier alpha value is -1.10. The number of hydrogen-bond donors (Lipinski definition) is 1. The van der Waals surface area contributed by atoms with Crippen LogP contribution in [0, 0.1) is 0 Å². The first-order valence-electron chi connectivity index (χ1n) is 8.40. The summed E-state index contributed by atoms with van der Waals surface area (Å²) in [6.45, 7) is 6.61. The van der Waals surface area contributed by atoms with Crippen LogP contribution < -0.4 is 5.32 Å². The summed E-state index contributed by atoms with van der Waals surface area (Å²) in [5.41, 5.74) is -0.0742. The predicted molar refractivity (Wildman–Crippen MR) is 80.8 cm³/mol. The minimum absolute atomic E-state index is 0.0742. The van der Waals surface area contributed by atoms with Gasteiger partial charge in [-0.25, -0.2) is 0 Å². The van der Waals surface area contributed by atoms with Crippen LogP contribution in [0.1, 0.15) is 52.4 Å². The maximum Gasteiger partial charge on any atom is 0.245 e. The van der Waals surface area contributed by atoms with Crippen LogP contribution in [0.2, 0.25) is 0 Å². The van der Waals surface area contributed by atoms with Crippen molar-refractivity contribution in [3.8, 4) is 0 Å². The molecule has 1 N–H and O–H groups in total. The van der Waals surface area contributed by atoms with Gasteiger partial charge in [0.15, 0.2) is 0 Å². The molecule has 0 bridgehead atoms. The Morgan fingerprint density at radius 1 is 1.43 bits per heavy atom. The summed E-state index contributed by atoms with van der Waals surface area (Å²) in [4.78, 5) is 29.0. The Balaban J connectivity index is 1.72. The minimum atomic E-state index is -0.257. The quantitative estimate of drug-likeness (QED) is 0.849. The van der Waals surface area contributed by atoms with Gasteiger partial charge in [-0.1, -0.05) is 6.92 Å². The van der Waals surface area contributed by atoms with E-state index in [-0.39, 0.29) is 23.4 Å². The van der Waals surface area contributed by atoms with Crippen molar-refractivity contribution in [2.24, 2.45) is 0 Å². The number of amides is 2. The van der Waals surface area contributed by atoms with E-state index in [9.17, 15) is 9.59 Å². The van der Waals surface area contributed by atoms with Gasteiger partial charge in [0.1, 0.15) is 6.04 Å². The molecule has 3 fully saturated rings. The zero-order valence-corrected chi connectivity index (χ0v) is 13.2. The third kappa shape index (κ3) is 2.68. The number of nitrogens with zero attached hydrogens (tertiary/aromatic N) is 2. The summed E-state index contributed by atoms with van der Waals surface area (Å²) in [5, 5.41) is 3.59. The molecule has 0 aromatic rings. The van der Waals surface area contributed by atoms with E-state index in [0.29, 0.717) is 25.4 Å².